The summed E-state index contributed by atoms with van der Waals surface area (Å²) in [6, 6.07) is 21.7. The number of nitrogens with one attached hydrogen (secondary N) is 1. The van der Waals surface area contributed by atoms with Crippen LogP contribution < -0.4 is 5.32 Å². The van der Waals surface area contributed by atoms with Gasteiger partial charge in [0, 0.05) is 16.3 Å². The van der Waals surface area contributed by atoms with Gasteiger partial charge in [-0.05, 0) is 72.5 Å². The minimum absolute atomic E-state index is 0.0180. The summed E-state index contributed by atoms with van der Waals surface area (Å²) >= 11 is 7.68. The van der Waals surface area contributed by atoms with Crippen LogP contribution in [0, 0.1) is 12.8 Å². The molecule has 30 heavy (non-hydrogen) atoms. The van der Waals surface area contributed by atoms with Crippen molar-refractivity contribution in [2.75, 3.05) is 5.32 Å². The lowest BCUT2D eigenvalue weighted by atomic mass is 9.87. The molecule has 1 aromatic heterocycles. The predicted molar refractivity (Wildman–Crippen MR) is 127 cm³/mol. The summed E-state index contributed by atoms with van der Waals surface area (Å²) in [6.07, 6.45) is 0. The largest absolute Gasteiger partial charge is 0.326 e. The van der Waals surface area contributed by atoms with Crippen molar-refractivity contribution in [3.8, 4) is 10.6 Å². The number of aromatic nitrogens is 1. The Kier molecular flexibility index (Phi) is 5.89. The van der Waals surface area contributed by atoms with Crippen LogP contribution in [0.3, 0.4) is 0 Å². The van der Waals surface area contributed by atoms with Gasteiger partial charge in [0.15, 0.2) is 0 Å². The van der Waals surface area contributed by atoms with Crippen LogP contribution in [0.15, 0.2) is 66.7 Å². The number of carbonyl (C=O) groups excluding carboxylic acids is 1. The molecule has 1 amide bonds. The van der Waals surface area contributed by atoms with Crippen molar-refractivity contribution in [2.45, 2.75) is 26.7 Å². The summed E-state index contributed by atoms with van der Waals surface area (Å²) in [5.41, 5.74) is 5.04. The number of thiazole rings is 1. The zero-order valence-corrected chi connectivity index (χ0v) is 18.7. The molecule has 0 fully saturated rings. The van der Waals surface area contributed by atoms with Crippen molar-refractivity contribution >= 4 is 44.7 Å². The van der Waals surface area contributed by atoms with E-state index in [-0.39, 0.29) is 17.7 Å². The first-order valence-corrected chi connectivity index (χ1v) is 11.1. The molecule has 1 heterocycles. The van der Waals surface area contributed by atoms with Crippen molar-refractivity contribution in [2.24, 2.45) is 5.92 Å². The normalized spacial score (nSPS) is 12.3. The van der Waals surface area contributed by atoms with Gasteiger partial charge in [-0.2, -0.15) is 0 Å². The van der Waals surface area contributed by atoms with Gasteiger partial charge in [0.25, 0.3) is 0 Å². The van der Waals surface area contributed by atoms with Gasteiger partial charge in [0.1, 0.15) is 5.01 Å². The highest BCUT2D eigenvalue weighted by Gasteiger charge is 2.24. The summed E-state index contributed by atoms with van der Waals surface area (Å²) in [6.45, 7) is 6.19. The monoisotopic (exact) mass is 434 g/mol. The van der Waals surface area contributed by atoms with Gasteiger partial charge in [-0.25, -0.2) is 4.98 Å². The maximum Gasteiger partial charge on any atom is 0.232 e. The molecule has 1 N–H and O–H groups in total. The van der Waals surface area contributed by atoms with Gasteiger partial charge in [0.2, 0.25) is 5.91 Å². The van der Waals surface area contributed by atoms with Crippen LogP contribution in [0.25, 0.3) is 20.8 Å². The second-order valence-electron chi connectivity index (χ2n) is 7.83. The first-order valence-electron chi connectivity index (χ1n) is 9.94. The average molecular weight is 435 g/mol. The van der Waals surface area contributed by atoms with Crippen LogP contribution in [-0.2, 0) is 4.79 Å². The van der Waals surface area contributed by atoms with Crippen LogP contribution in [0.1, 0.15) is 30.9 Å². The third-order valence-corrected chi connectivity index (χ3v) is 6.44. The number of fused-ring (bicyclic) bond motifs is 1. The van der Waals surface area contributed by atoms with E-state index in [2.05, 4.69) is 44.3 Å². The van der Waals surface area contributed by atoms with Crippen molar-refractivity contribution < 1.29 is 4.79 Å². The summed E-state index contributed by atoms with van der Waals surface area (Å²) in [4.78, 5) is 17.7. The maximum absolute atomic E-state index is 13.0. The molecular weight excluding hydrogens is 412 g/mol. The van der Waals surface area contributed by atoms with Crippen LogP contribution in [0.4, 0.5) is 5.69 Å². The standard InChI is InChI=1S/C25H23ClN2OS/c1-15(2)23(17-5-9-19(26)10-6-17)24(29)27-20-11-7-18(8-12-20)25-28-21-13-4-16(3)14-22(21)30-25/h4-15,23H,1-3H3,(H,27,29). The van der Waals surface area contributed by atoms with Crippen molar-refractivity contribution in [3.63, 3.8) is 0 Å². The Morgan fingerprint density at radius 1 is 1.00 bits per heavy atom. The fraction of sp³-hybridized carbons (Fsp3) is 0.200. The predicted octanol–water partition coefficient (Wildman–Crippen LogP) is 7.30. The molecule has 4 rings (SSSR count). The number of halogens is 1. The minimum Gasteiger partial charge on any atom is -0.326 e. The Bertz CT molecular complexity index is 1180. The molecule has 0 saturated carbocycles. The fourth-order valence-electron chi connectivity index (χ4n) is 3.58. The number of hydrogen-bond donors (Lipinski definition) is 1. The quantitative estimate of drug-likeness (QED) is 0.358. The molecule has 0 bridgehead atoms. The molecule has 3 aromatic carbocycles. The van der Waals surface area contributed by atoms with Gasteiger partial charge in [-0.3, -0.25) is 4.79 Å². The number of hydrogen-bond acceptors (Lipinski definition) is 3. The number of aryl methyl sites for hydroxylation is 1. The van der Waals surface area contributed by atoms with Gasteiger partial charge in [-0.15, -0.1) is 11.3 Å². The van der Waals surface area contributed by atoms with Crippen LogP contribution in [-0.4, -0.2) is 10.9 Å². The lowest BCUT2D eigenvalue weighted by Gasteiger charge is -2.21. The SMILES string of the molecule is Cc1ccc2nc(-c3ccc(NC(=O)C(c4ccc(Cl)cc4)C(C)C)cc3)sc2c1. The second kappa shape index (κ2) is 8.58. The molecule has 152 valence electrons. The van der Waals surface area contributed by atoms with E-state index in [1.54, 1.807) is 11.3 Å². The molecular formula is C25H23ClN2OS. The number of benzene rings is 3. The highest BCUT2D eigenvalue weighted by molar-refractivity contribution is 7.21. The number of anilines is 1. The number of nitrogens with zero attached hydrogens (tertiary/aromatic N) is 1. The molecule has 4 aromatic rings. The Balaban J connectivity index is 1.53. The average Bonchev–Trinajstić information content (AvgIpc) is 3.13. The molecule has 3 nitrogen and oxygen atoms in total. The fourth-order valence-corrected chi connectivity index (χ4v) is 4.78. The van der Waals surface area contributed by atoms with E-state index < -0.39 is 0 Å². The van der Waals surface area contributed by atoms with E-state index in [0.29, 0.717) is 5.02 Å². The van der Waals surface area contributed by atoms with Crippen LogP contribution in [0.2, 0.25) is 5.02 Å². The van der Waals surface area contributed by atoms with Gasteiger partial charge < -0.3 is 5.32 Å². The third-order valence-electron chi connectivity index (χ3n) is 5.12. The lowest BCUT2D eigenvalue weighted by molar-refractivity contribution is -0.118. The second-order valence-corrected chi connectivity index (χ2v) is 9.30. The third kappa shape index (κ3) is 4.40. The molecule has 0 radical (unpaired) electrons. The Morgan fingerprint density at radius 3 is 2.37 bits per heavy atom. The van der Waals surface area contributed by atoms with Gasteiger partial charge >= 0.3 is 0 Å². The zero-order valence-electron chi connectivity index (χ0n) is 17.1. The van der Waals surface area contributed by atoms with E-state index in [4.69, 9.17) is 16.6 Å². The first kappa shape index (κ1) is 20.6. The molecule has 0 aliphatic carbocycles. The Morgan fingerprint density at radius 2 is 1.70 bits per heavy atom. The highest BCUT2D eigenvalue weighted by Crippen LogP contribution is 2.32. The summed E-state index contributed by atoms with van der Waals surface area (Å²) < 4.78 is 1.19. The minimum atomic E-state index is -0.241. The maximum atomic E-state index is 13.0. The Labute approximate surface area is 185 Å². The molecule has 5 heteroatoms. The Hall–Kier alpha value is -2.69. The van der Waals surface area contributed by atoms with Gasteiger partial charge in [-0.1, -0.05) is 43.6 Å². The highest BCUT2D eigenvalue weighted by atomic mass is 35.5. The van der Waals surface area contributed by atoms with Crippen molar-refractivity contribution in [3.05, 3.63) is 82.9 Å². The molecule has 1 unspecified atom stereocenters. The van der Waals surface area contributed by atoms with E-state index in [1.807, 2.05) is 48.5 Å². The number of rotatable bonds is 5. The lowest BCUT2D eigenvalue weighted by Crippen LogP contribution is -2.25. The molecule has 0 saturated heterocycles. The molecule has 0 aliphatic heterocycles. The first-order chi connectivity index (χ1) is 14.4. The smallest absolute Gasteiger partial charge is 0.232 e. The van der Waals surface area contributed by atoms with E-state index in [1.165, 1.54) is 10.3 Å². The van der Waals surface area contributed by atoms with Gasteiger partial charge in [0.05, 0.1) is 16.1 Å². The van der Waals surface area contributed by atoms with Crippen LogP contribution in [0.5, 0.6) is 0 Å². The van der Waals surface area contributed by atoms with E-state index in [9.17, 15) is 4.79 Å². The molecule has 0 aliphatic rings. The zero-order chi connectivity index (χ0) is 21.3. The molecule has 1 atom stereocenters. The summed E-state index contributed by atoms with van der Waals surface area (Å²) in [5, 5.41) is 4.71. The molecule has 0 spiro atoms. The van der Waals surface area contributed by atoms with E-state index >= 15 is 0 Å². The topological polar surface area (TPSA) is 42.0 Å². The summed E-state index contributed by atoms with van der Waals surface area (Å²) in [5.74, 6) is -0.0957. The van der Waals surface area contributed by atoms with Crippen molar-refractivity contribution in [1.82, 2.24) is 4.98 Å². The van der Waals surface area contributed by atoms with Crippen molar-refractivity contribution in [1.29, 1.82) is 0 Å². The number of amides is 1. The number of carbonyl (C=O) groups is 1. The van der Waals surface area contributed by atoms with E-state index in [0.717, 1.165) is 27.3 Å². The summed E-state index contributed by atoms with van der Waals surface area (Å²) in [7, 11) is 0. The van der Waals surface area contributed by atoms with Crippen LogP contribution >= 0.6 is 22.9 Å².